The molecule has 27 heavy (non-hydrogen) atoms. The Morgan fingerprint density at radius 2 is 1.89 bits per heavy atom. The van der Waals surface area contributed by atoms with Gasteiger partial charge in [-0.3, -0.25) is 4.79 Å². The van der Waals surface area contributed by atoms with Crippen LogP contribution in [0.1, 0.15) is 48.7 Å². The van der Waals surface area contributed by atoms with E-state index in [0.717, 1.165) is 33.6 Å². The maximum Gasteiger partial charge on any atom is 0.220 e. The Bertz CT molecular complexity index is 882. The highest BCUT2D eigenvalue weighted by atomic mass is 32.1. The minimum Gasteiger partial charge on any atom is -0.349 e. The van der Waals surface area contributed by atoms with Gasteiger partial charge < -0.3 is 5.32 Å². The molecule has 0 saturated heterocycles. The van der Waals surface area contributed by atoms with Gasteiger partial charge in [0.15, 0.2) is 0 Å². The summed E-state index contributed by atoms with van der Waals surface area (Å²) < 4.78 is 14.4. The fourth-order valence-corrected chi connectivity index (χ4v) is 4.89. The average molecular weight is 383 g/mol. The normalized spacial score (nSPS) is 15.9. The van der Waals surface area contributed by atoms with E-state index in [1.165, 1.54) is 25.0 Å². The quantitative estimate of drug-likeness (QED) is 0.619. The standard InChI is InChI=1S/C22H23FN2OS/c23-17-11-9-16(10-12-17)22(15-5-1-2-6-15)25-20(26)13-14-21-24-18-7-3-4-8-19(18)27-21/h3-4,7-12,15,22H,1-2,5-6,13-14H2,(H,25,26)/t22-/m1/s1. The molecule has 1 saturated carbocycles. The lowest BCUT2D eigenvalue weighted by Crippen LogP contribution is -2.32. The molecule has 0 spiro atoms. The Morgan fingerprint density at radius 1 is 1.15 bits per heavy atom. The SMILES string of the molecule is O=C(CCc1nc2ccccc2s1)N[C@@H](c1ccc(F)cc1)C1CCCC1. The lowest BCUT2D eigenvalue weighted by atomic mass is 9.91. The molecule has 5 heteroatoms. The van der Waals surface area contributed by atoms with E-state index >= 15 is 0 Å². The number of halogens is 1. The molecule has 2 aromatic carbocycles. The van der Waals surface area contributed by atoms with Crippen molar-refractivity contribution in [1.82, 2.24) is 10.3 Å². The number of fused-ring (bicyclic) bond motifs is 1. The molecule has 3 nitrogen and oxygen atoms in total. The highest BCUT2D eigenvalue weighted by Gasteiger charge is 2.27. The van der Waals surface area contributed by atoms with Crippen LogP contribution in [0, 0.1) is 11.7 Å². The monoisotopic (exact) mass is 382 g/mol. The van der Waals surface area contributed by atoms with Crippen molar-refractivity contribution in [1.29, 1.82) is 0 Å². The minimum atomic E-state index is -0.244. The minimum absolute atomic E-state index is 0.0315. The molecular weight excluding hydrogens is 359 g/mol. The predicted octanol–water partition coefficient (Wildman–Crippen LogP) is 5.42. The smallest absolute Gasteiger partial charge is 0.220 e. The van der Waals surface area contributed by atoms with Crippen LogP contribution in [0.4, 0.5) is 4.39 Å². The van der Waals surface area contributed by atoms with Gasteiger partial charge in [-0.25, -0.2) is 9.37 Å². The van der Waals surface area contributed by atoms with Gasteiger partial charge in [0.05, 0.1) is 21.3 Å². The average Bonchev–Trinajstić information content (AvgIpc) is 3.34. The van der Waals surface area contributed by atoms with Crippen molar-refractivity contribution >= 4 is 27.5 Å². The van der Waals surface area contributed by atoms with Crippen LogP contribution in [-0.2, 0) is 11.2 Å². The number of benzene rings is 2. The maximum absolute atomic E-state index is 13.3. The van der Waals surface area contributed by atoms with E-state index in [4.69, 9.17) is 0 Å². The number of rotatable bonds is 6. The molecule has 1 N–H and O–H groups in total. The molecule has 1 atom stereocenters. The fraction of sp³-hybridized carbons (Fsp3) is 0.364. The first kappa shape index (κ1) is 18.1. The van der Waals surface area contributed by atoms with Crippen LogP contribution in [0.5, 0.6) is 0 Å². The zero-order valence-electron chi connectivity index (χ0n) is 15.2. The highest BCUT2D eigenvalue weighted by molar-refractivity contribution is 7.18. The van der Waals surface area contributed by atoms with Gasteiger partial charge in [-0.1, -0.05) is 37.1 Å². The van der Waals surface area contributed by atoms with Gasteiger partial charge in [-0.15, -0.1) is 11.3 Å². The zero-order valence-corrected chi connectivity index (χ0v) is 16.0. The molecule has 0 bridgehead atoms. The molecule has 0 radical (unpaired) electrons. The summed E-state index contributed by atoms with van der Waals surface area (Å²) in [5.74, 6) is 0.225. The first-order valence-electron chi connectivity index (χ1n) is 9.58. The van der Waals surface area contributed by atoms with Crippen molar-refractivity contribution in [2.75, 3.05) is 0 Å². The zero-order chi connectivity index (χ0) is 18.6. The second kappa shape index (κ2) is 8.17. The first-order chi connectivity index (χ1) is 13.2. The Labute approximate surface area is 162 Å². The number of aromatic nitrogens is 1. The number of carbonyl (C=O) groups excluding carboxylic acids is 1. The molecule has 0 unspecified atom stereocenters. The van der Waals surface area contributed by atoms with Crippen LogP contribution < -0.4 is 5.32 Å². The van der Waals surface area contributed by atoms with E-state index in [0.29, 0.717) is 18.8 Å². The Hall–Kier alpha value is -2.27. The van der Waals surface area contributed by atoms with Crippen LogP contribution in [0.15, 0.2) is 48.5 Å². The maximum atomic E-state index is 13.3. The van der Waals surface area contributed by atoms with Crippen LogP contribution in [0.3, 0.4) is 0 Å². The van der Waals surface area contributed by atoms with Crippen LogP contribution in [0.25, 0.3) is 10.2 Å². The second-order valence-electron chi connectivity index (χ2n) is 7.22. The Kier molecular flexibility index (Phi) is 5.48. The number of aryl methyl sites for hydroxylation is 1. The summed E-state index contributed by atoms with van der Waals surface area (Å²) in [5.41, 5.74) is 1.99. The van der Waals surface area contributed by atoms with E-state index in [9.17, 15) is 9.18 Å². The molecular formula is C22H23FN2OS. The molecule has 1 aromatic heterocycles. The molecule has 1 aliphatic carbocycles. The van der Waals surface area contributed by atoms with E-state index in [-0.39, 0.29) is 17.8 Å². The number of nitrogens with zero attached hydrogens (tertiary/aromatic N) is 1. The van der Waals surface area contributed by atoms with Crippen molar-refractivity contribution in [3.05, 3.63) is 64.9 Å². The van der Waals surface area contributed by atoms with Crippen molar-refractivity contribution < 1.29 is 9.18 Å². The molecule has 1 heterocycles. The third-order valence-electron chi connectivity index (χ3n) is 5.32. The summed E-state index contributed by atoms with van der Waals surface area (Å²) in [6.07, 6.45) is 5.68. The summed E-state index contributed by atoms with van der Waals surface area (Å²) in [6.45, 7) is 0. The largest absolute Gasteiger partial charge is 0.349 e. The number of thiazole rings is 1. The Morgan fingerprint density at radius 3 is 2.63 bits per heavy atom. The van der Waals surface area contributed by atoms with Crippen LogP contribution in [-0.4, -0.2) is 10.9 Å². The highest BCUT2D eigenvalue weighted by Crippen LogP contribution is 2.36. The van der Waals surface area contributed by atoms with Gasteiger partial charge >= 0.3 is 0 Å². The molecule has 4 rings (SSSR count). The summed E-state index contributed by atoms with van der Waals surface area (Å²) in [4.78, 5) is 17.2. The third-order valence-corrected chi connectivity index (χ3v) is 6.42. The van der Waals surface area contributed by atoms with E-state index < -0.39 is 0 Å². The second-order valence-corrected chi connectivity index (χ2v) is 8.33. The van der Waals surface area contributed by atoms with Crippen LogP contribution in [0.2, 0.25) is 0 Å². The van der Waals surface area contributed by atoms with Gasteiger partial charge in [0.25, 0.3) is 0 Å². The number of carbonyl (C=O) groups is 1. The van der Waals surface area contributed by atoms with Crippen molar-refractivity contribution in [2.45, 2.75) is 44.6 Å². The molecule has 0 aliphatic heterocycles. The van der Waals surface area contributed by atoms with E-state index in [2.05, 4.69) is 16.4 Å². The van der Waals surface area contributed by atoms with E-state index in [1.807, 2.05) is 18.2 Å². The summed E-state index contributed by atoms with van der Waals surface area (Å²) in [6, 6.07) is 14.6. The Balaban J connectivity index is 1.42. The number of para-hydroxylation sites is 1. The molecule has 1 fully saturated rings. The summed E-state index contributed by atoms with van der Waals surface area (Å²) in [5, 5.41) is 4.21. The summed E-state index contributed by atoms with van der Waals surface area (Å²) in [7, 11) is 0. The van der Waals surface area contributed by atoms with Gasteiger partial charge in [0, 0.05) is 12.8 Å². The molecule has 1 amide bonds. The van der Waals surface area contributed by atoms with Gasteiger partial charge in [0.1, 0.15) is 5.82 Å². The van der Waals surface area contributed by atoms with Crippen molar-refractivity contribution in [3.63, 3.8) is 0 Å². The molecule has 1 aliphatic rings. The topological polar surface area (TPSA) is 42.0 Å². The van der Waals surface area contributed by atoms with Crippen molar-refractivity contribution in [3.8, 4) is 0 Å². The molecule has 3 aromatic rings. The number of nitrogens with one attached hydrogen (secondary N) is 1. The number of amides is 1. The summed E-state index contributed by atoms with van der Waals surface area (Å²) >= 11 is 1.65. The predicted molar refractivity (Wildman–Crippen MR) is 107 cm³/mol. The fourth-order valence-electron chi connectivity index (χ4n) is 3.93. The third kappa shape index (κ3) is 4.35. The lowest BCUT2D eigenvalue weighted by molar-refractivity contribution is -0.122. The first-order valence-corrected chi connectivity index (χ1v) is 10.4. The van der Waals surface area contributed by atoms with Gasteiger partial charge in [-0.05, 0) is 48.6 Å². The lowest BCUT2D eigenvalue weighted by Gasteiger charge is -2.25. The van der Waals surface area contributed by atoms with E-state index in [1.54, 1.807) is 23.5 Å². The molecule has 140 valence electrons. The van der Waals surface area contributed by atoms with Gasteiger partial charge in [-0.2, -0.15) is 0 Å². The van der Waals surface area contributed by atoms with Crippen molar-refractivity contribution in [2.24, 2.45) is 5.92 Å². The van der Waals surface area contributed by atoms with Crippen LogP contribution >= 0.6 is 11.3 Å². The number of hydrogen-bond donors (Lipinski definition) is 1. The number of hydrogen-bond acceptors (Lipinski definition) is 3. The van der Waals surface area contributed by atoms with Gasteiger partial charge in [0.2, 0.25) is 5.91 Å².